The number of benzene rings is 1. The summed E-state index contributed by atoms with van der Waals surface area (Å²) >= 11 is 0. The molecule has 2 bridgehead atoms. The molecule has 0 radical (unpaired) electrons. The summed E-state index contributed by atoms with van der Waals surface area (Å²) in [5.41, 5.74) is 0.754. The zero-order valence-corrected chi connectivity index (χ0v) is 19.0. The minimum Gasteiger partial charge on any atom is -0.357 e. The number of guanidine groups is 1. The van der Waals surface area contributed by atoms with Gasteiger partial charge in [-0.1, -0.05) is 26.0 Å². The topological polar surface area (TPSA) is 42.9 Å². The molecule has 0 aliphatic carbocycles. The van der Waals surface area contributed by atoms with E-state index in [0.29, 0.717) is 12.6 Å². The summed E-state index contributed by atoms with van der Waals surface area (Å²) < 4.78 is 13.5. The maximum atomic E-state index is 13.5. The Kier molecular flexibility index (Phi) is 8.30. The van der Waals surface area contributed by atoms with Gasteiger partial charge in [0.05, 0.1) is 6.54 Å². The number of fused-ring (bicyclic) bond motifs is 3. The average Bonchev–Trinajstić information content (AvgIpc) is 2.65. The molecule has 3 fully saturated rings. The Bertz CT molecular complexity index is 629. The molecule has 0 amide bonds. The number of hydrogen-bond donors (Lipinski definition) is 2. The maximum absolute atomic E-state index is 13.5. The predicted octanol–water partition coefficient (Wildman–Crippen LogP) is 2.28. The number of halogens is 2. The molecule has 7 heteroatoms. The van der Waals surface area contributed by atoms with Crippen molar-refractivity contribution in [2.45, 2.75) is 32.2 Å². The third kappa shape index (κ3) is 6.02. The average molecular weight is 489 g/mol. The second-order valence-electron chi connectivity index (χ2n) is 7.96. The first kappa shape index (κ1) is 22.4. The quantitative estimate of drug-likeness (QED) is 0.366. The Morgan fingerprint density at radius 2 is 1.96 bits per heavy atom. The van der Waals surface area contributed by atoms with E-state index < -0.39 is 0 Å². The van der Waals surface area contributed by atoms with Crippen molar-refractivity contribution in [2.75, 3.05) is 52.4 Å². The van der Waals surface area contributed by atoms with Crippen LogP contribution in [-0.4, -0.2) is 74.2 Å². The maximum Gasteiger partial charge on any atom is 0.191 e. The first-order chi connectivity index (χ1) is 12.5. The molecule has 1 atom stereocenters. The Morgan fingerprint density at radius 1 is 1.22 bits per heavy atom. The van der Waals surface area contributed by atoms with Gasteiger partial charge in [-0.3, -0.25) is 14.8 Å². The van der Waals surface area contributed by atoms with E-state index in [1.54, 1.807) is 12.1 Å². The smallest absolute Gasteiger partial charge is 0.191 e. The van der Waals surface area contributed by atoms with Crippen molar-refractivity contribution in [1.29, 1.82) is 0 Å². The van der Waals surface area contributed by atoms with Gasteiger partial charge in [0.2, 0.25) is 0 Å². The molecule has 152 valence electrons. The fraction of sp³-hybridized carbons (Fsp3) is 0.650. The minimum atomic E-state index is -0.219. The summed E-state index contributed by atoms with van der Waals surface area (Å²) in [5.74, 6) is 0.649. The normalized spacial score (nSPS) is 25.0. The third-order valence-electron chi connectivity index (χ3n) is 5.48. The van der Waals surface area contributed by atoms with Gasteiger partial charge in [0.15, 0.2) is 5.96 Å². The molecule has 3 heterocycles. The van der Waals surface area contributed by atoms with Crippen molar-refractivity contribution in [3.8, 4) is 0 Å². The summed E-state index contributed by atoms with van der Waals surface area (Å²) in [6.07, 6.45) is 0. The van der Waals surface area contributed by atoms with Gasteiger partial charge < -0.3 is 10.6 Å². The number of rotatable bonds is 6. The molecule has 5 nitrogen and oxygen atoms in total. The summed E-state index contributed by atoms with van der Waals surface area (Å²) in [6, 6.07) is 7.38. The second-order valence-corrected chi connectivity index (χ2v) is 7.96. The molecule has 2 N–H and O–H groups in total. The molecular weight excluding hydrogens is 456 g/mol. The van der Waals surface area contributed by atoms with Gasteiger partial charge in [-0.2, -0.15) is 0 Å². The van der Waals surface area contributed by atoms with Crippen molar-refractivity contribution >= 4 is 29.9 Å². The standard InChI is InChI=1S/C20H32FN5.HI/c1-4-22-19(23-13-18-14-25-8-10-26(18)11-9-25)24-15-20(2,3)16-6-5-7-17(21)12-16;/h5-7,12,18H,4,8-11,13-15H2,1-3H3,(H2,22,23,24);1H. The van der Waals surface area contributed by atoms with Gasteiger partial charge in [0.1, 0.15) is 5.82 Å². The van der Waals surface area contributed by atoms with Gasteiger partial charge in [0, 0.05) is 57.3 Å². The molecule has 0 aromatic heterocycles. The summed E-state index contributed by atoms with van der Waals surface area (Å²) in [4.78, 5) is 9.90. The molecule has 4 rings (SSSR count). The van der Waals surface area contributed by atoms with Crippen LogP contribution in [0.15, 0.2) is 29.3 Å². The van der Waals surface area contributed by atoms with Crippen LogP contribution in [-0.2, 0) is 5.41 Å². The van der Waals surface area contributed by atoms with Crippen LogP contribution < -0.4 is 10.6 Å². The molecule has 0 spiro atoms. The molecule has 27 heavy (non-hydrogen) atoms. The lowest BCUT2D eigenvalue weighted by Crippen LogP contribution is -2.63. The predicted molar refractivity (Wildman–Crippen MR) is 121 cm³/mol. The fourth-order valence-electron chi connectivity index (χ4n) is 3.75. The van der Waals surface area contributed by atoms with Gasteiger partial charge >= 0.3 is 0 Å². The lowest BCUT2D eigenvalue weighted by atomic mass is 9.85. The molecule has 0 saturated carbocycles. The number of nitrogens with zero attached hydrogens (tertiary/aromatic N) is 3. The van der Waals surface area contributed by atoms with E-state index in [0.717, 1.165) is 31.2 Å². The number of piperazine rings is 3. The van der Waals surface area contributed by atoms with E-state index in [2.05, 4.69) is 41.2 Å². The second kappa shape index (κ2) is 10.0. The van der Waals surface area contributed by atoms with Crippen LogP contribution in [0.25, 0.3) is 0 Å². The Labute approximate surface area is 179 Å². The van der Waals surface area contributed by atoms with Crippen molar-refractivity contribution in [3.05, 3.63) is 35.6 Å². The first-order valence-electron chi connectivity index (χ1n) is 9.72. The largest absolute Gasteiger partial charge is 0.357 e. The lowest BCUT2D eigenvalue weighted by molar-refractivity contribution is 0.0154. The summed E-state index contributed by atoms with van der Waals surface area (Å²) in [6.45, 7) is 14.5. The fourth-order valence-corrected chi connectivity index (χ4v) is 3.75. The Balaban J connectivity index is 0.00000261. The lowest BCUT2D eigenvalue weighted by Gasteiger charge is -2.47. The van der Waals surface area contributed by atoms with Crippen LogP contribution in [0, 0.1) is 5.82 Å². The van der Waals surface area contributed by atoms with Crippen molar-refractivity contribution in [1.82, 2.24) is 20.4 Å². The number of aliphatic imine (C=N–C) groups is 1. The number of nitrogens with one attached hydrogen (secondary N) is 2. The van der Waals surface area contributed by atoms with Crippen LogP contribution in [0.3, 0.4) is 0 Å². The molecule has 1 aromatic rings. The molecule has 1 unspecified atom stereocenters. The van der Waals surface area contributed by atoms with Gasteiger partial charge in [-0.05, 0) is 24.6 Å². The van der Waals surface area contributed by atoms with Gasteiger partial charge in [0.25, 0.3) is 0 Å². The van der Waals surface area contributed by atoms with Crippen LogP contribution in [0.1, 0.15) is 26.3 Å². The van der Waals surface area contributed by atoms with Gasteiger partial charge in [-0.25, -0.2) is 4.39 Å². The summed E-state index contributed by atoms with van der Waals surface area (Å²) in [5, 5.41) is 6.84. The zero-order chi connectivity index (χ0) is 18.6. The van der Waals surface area contributed by atoms with E-state index >= 15 is 0 Å². The highest BCUT2D eigenvalue weighted by molar-refractivity contribution is 14.0. The van der Waals surface area contributed by atoms with Crippen LogP contribution in [0.4, 0.5) is 4.39 Å². The van der Waals surface area contributed by atoms with E-state index in [-0.39, 0.29) is 35.2 Å². The number of hydrogen-bond acceptors (Lipinski definition) is 3. The van der Waals surface area contributed by atoms with Crippen LogP contribution >= 0.6 is 24.0 Å². The van der Waals surface area contributed by atoms with Crippen molar-refractivity contribution < 1.29 is 4.39 Å². The zero-order valence-electron chi connectivity index (χ0n) is 16.7. The van der Waals surface area contributed by atoms with Crippen molar-refractivity contribution in [2.24, 2.45) is 4.99 Å². The van der Waals surface area contributed by atoms with Crippen molar-refractivity contribution in [3.63, 3.8) is 0 Å². The van der Waals surface area contributed by atoms with Gasteiger partial charge in [-0.15, -0.1) is 24.0 Å². The Morgan fingerprint density at radius 3 is 2.56 bits per heavy atom. The molecule has 1 aromatic carbocycles. The van der Waals surface area contributed by atoms with E-state index in [1.807, 2.05) is 6.07 Å². The first-order valence-corrected chi connectivity index (χ1v) is 9.72. The third-order valence-corrected chi connectivity index (χ3v) is 5.48. The SMILES string of the molecule is CCNC(=NCC(C)(C)c1cccc(F)c1)NCC1CN2CCN1CC2.I. The van der Waals surface area contributed by atoms with E-state index in [4.69, 9.17) is 4.99 Å². The Hall–Kier alpha value is -0.930. The van der Waals surface area contributed by atoms with Crippen LogP contribution in [0.5, 0.6) is 0 Å². The highest BCUT2D eigenvalue weighted by Gasteiger charge is 2.31. The molecule has 3 aliphatic rings. The summed E-state index contributed by atoms with van der Waals surface area (Å²) in [7, 11) is 0. The van der Waals surface area contributed by atoms with Crippen LogP contribution in [0.2, 0.25) is 0 Å². The minimum absolute atomic E-state index is 0. The van der Waals surface area contributed by atoms with E-state index in [1.165, 1.54) is 32.2 Å². The molecule has 3 aliphatic heterocycles. The molecular formula is C20H33FIN5. The molecule has 3 saturated heterocycles. The highest BCUT2D eigenvalue weighted by atomic mass is 127. The van der Waals surface area contributed by atoms with E-state index in [9.17, 15) is 4.39 Å². The monoisotopic (exact) mass is 489 g/mol. The highest BCUT2D eigenvalue weighted by Crippen LogP contribution is 2.24.